The molecule has 7 heteroatoms. The number of hydrogen-bond donors (Lipinski definition) is 3. The fourth-order valence-electron chi connectivity index (χ4n) is 2.92. The van der Waals surface area contributed by atoms with E-state index in [1.165, 1.54) is 12.5 Å². The van der Waals surface area contributed by atoms with E-state index in [0.717, 1.165) is 37.7 Å². The van der Waals surface area contributed by atoms with Crippen molar-refractivity contribution in [2.45, 2.75) is 53.1 Å². The first-order valence-corrected chi connectivity index (χ1v) is 9.40. The predicted octanol–water partition coefficient (Wildman–Crippen LogP) is 3.09. The zero-order chi connectivity index (χ0) is 19.5. The topological polar surface area (TPSA) is 68.8 Å². The zero-order valence-corrected chi connectivity index (χ0v) is 19.8. The van der Waals surface area contributed by atoms with Gasteiger partial charge >= 0.3 is 0 Å². The lowest BCUT2D eigenvalue weighted by atomic mass is 10.1. The Hall–Kier alpha value is -1.35. The van der Waals surface area contributed by atoms with E-state index in [-0.39, 0.29) is 29.9 Å². The summed E-state index contributed by atoms with van der Waals surface area (Å²) < 4.78 is 0. The SMILES string of the molecule is CN=C(NCCc1ccc(NC(C)=O)cc1)NCCN(C(C)C)C(C)C.I. The molecule has 0 bridgehead atoms. The molecule has 0 radical (unpaired) electrons. The number of halogens is 1. The van der Waals surface area contributed by atoms with Gasteiger partial charge in [-0.15, -0.1) is 24.0 Å². The Morgan fingerprint density at radius 1 is 1.04 bits per heavy atom. The van der Waals surface area contributed by atoms with Gasteiger partial charge in [-0.3, -0.25) is 14.7 Å². The van der Waals surface area contributed by atoms with Crippen molar-refractivity contribution in [2.24, 2.45) is 4.99 Å². The molecular formula is C20H36IN5O. The summed E-state index contributed by atoms with van der Waals surface area (Å²) in [5.74, 6) is 0.773. The summed E-state index contributed by atoms with van der Waals surface area (Å²) in [5, 5.41) is 9.50. The van der Waals surface area contributed by atoms with Crippen LogP contribution in [0.5, 0.6) is 0 Å². The van der Waals surface area contributed by atoms with E-state index in [1.807, 2.05) is 24.3 Å². The Labute approximate surface area is 181 Å². The van der Waals surface area contributed by atoms with Crippen molar-refractivity contribution in [1.82, 2.24) is 15.5 Å². The molecule has 0 aliphatic carbocycles. The maximum Gasteiger partial charge on any atom is 0.221 e. The highest BCUT2D eigenvalue weighted by molar-refractivity contribution is 14.0. The number of hydrogen-bond acceptors (Lipinski definition) is 3. The smallest absolute Gasteiger partial charge is 0.221 e. The highest BCUT2D eigenvalue weighted by Crippen LogP contribution is 2.09. The van der Waals surface area contributed by atoms with E-state index in [2.05, 4.69) is 53.5 Å². The van der Waals surface area contributed by atoms with Crippen LogP contribution in [-0.4, -0.2) is 55.5 Å². The molecule has 1 amide bonds. The number of nitrogens with one attached hydrogen (secondary N) is 3. The number of anilines is 1. The van der Waals surface area contributed by atoms with E-state index >= 15 is 0 Å². The van der Waals surface area contributed by atoms with Gasteiger partial charge in [-0.1, -0.05) is 12.1 Å². The maximum atomic E-state index is 11.0. The second-order valence-corrected chi connectivity index (χ2v) is 6.98. The maximum absolute atomic E-state index is 11.0. The Kier molecular flexibility index (Phi) is 13.1. The summed E-state index contributed by atoms with van der Waals surface area (Å²) in [4.78, 5) is 17.8. The molecule has 0 aliphatic heterocycles. The van der Waals surface area contributed by atoms with Crippen molar-refractivity contribution >= 4 is 41.5 Å². The molecule has 0 unspecified atom stereocenters. The number of rotatable bonds is 9. The van der Waals surface area contributed by atoms with Crippen LogP contribution in [0.15, 0.2) is 29.3 Å². The number of guanidine groups is 1. The molecule has 3 N–H and O–H groups in total. The third kappa shape index (κ3) is 10.5. The fourth-order valence-corrected chi connectivity index (χ4v) is 2.92. The van der Waals surface area contributed by atoms with Crippen LogP contribution in [0.1, 0.15) is 40.2 Å². The first-order chi connectivity index (χ1) is 12.3. The minimum atomic E-state index is -0.0530. The van der Waals surface area contributed by atoms with Crippen LogP contribution in [0, 0.1) is 0 Å². The number of carbonyl (C=O) groups is 1. The molecule has 0 saturated carbocycles. The first-order valence-electron chi connectivity index (χ1n) is 9.40. The highest BCUT2D eigenvalue weighted by Gasteiger charge is 2.12. The average Bonchev–Trinajstić information content (AvgIpc) is 2.57. The van der Waals surface area contributed by atoms with E-state index < -0.39 is 0 Å². The van der Waals surface area contributed by atoms with Crippen molar-refractivity contribution in [1.29, 1.82) is 0 Å². The zero-order valence-electron chi connectivity index (χ0n) is 17.5. The van der Waals surface area contributed by atoms with Gasteiger partial charge in [0.25, 0.3) is 0 Å². The number of amides is 1. The minimum Gasteiger partial charge on any atom is -0.356 e. The Morgan fingerprint density at radius 2 is 1.59 bits per heavy atom. The van der Waals surface area contributed by atoms with Gasteiger partial charge in [0.15, 0.2) is 5.96 Å². The molecule has 1 aromatic rings. The van der Waals surface area contributed by atoms with Crippen molar-refractivity contribution < 1.29 is 4.79 Å². The molecule has 0 atom stereocenters. The average molecular weight is 489 g/mol. The molecule has 1 aromatic carbocycles. The third-order valence-electron chi connectivity index (χ3n) is 4.19. The molecule has 0 spiro atoms. The predicted molar refractivity (Wildman–Crippen MR) is 126 cm³/mol. The van der Waals surface area contributed by atoms with Crippen molar-refractivity contribution in [2.75, 3.05) is 32.0 Å². The lowest BCUT2D eigenvalue weighted by Gasteiger charge is -2.30. The molecule has 0 fully saturated rings. The monoisotopic (exact) mass is 489 g/mol. The normalized spacial score (nSPS) is 11.5. The molecule has 0 saturated heterocycles. The standard InChI is InChI=1S/C20H35N5O.HI/c1-15(2)25(16(3)4)14-13-23-20(21-6)22-12-11-18-7-9-19(10-8-18)24-17(5)26;/h7-10,15-16H,11-14H2,1-6H3,(H,24,26)(H2,21,22,23);1H. The summed E-state index contributed by atoms with van der Waals surface area (Å²) in [5.41, 5.74) is 2.04. The van der Waals surface area contributed by atoms with Crippen LogP contribution in [0.3, 0.4) is 0 Å². The van der Waals surface area contributed by atoms with Crippen LogP contribution in [-0.2, 0) is 11.2 Å². The van der Waals surface area contributed by atoms with Crippen LogP contribution in [0.2, 0.25) is 0 Å². The number of carbonyl (C=O) groups excluding carboxylic acids is 1. The molecule has 27 heavy (non-hydrogen) atoms. The second-order valence-electron chi connectivity index (χ2n) is 6.98. The molecule has 1 rings (SSSR count). The molecule has 154 valence electrons. The lowest BCUT2D eigenvalue weighted by Crippen LogP contribution is -2.45. The lowest BCUT2D eigenvalue weighted by molar-refractivity contribution is -0.114. The van der Waals surface area contributed by atoms with Crippen molar-refractivity contribution in [3.63, 3.8) is 0 Å². The van der Waals surface area contributed by atoms with Gasteiger partial charge in [0.2, 0.25) is 5.91 Å². The van der Waals surface area contributed by atoms with Crippen molar-refractivity contribution in [3.05, 3.63) is 29.8 Å². The second kappa shape index (κ2) is 13.8. The highest BCUT2D eigenvalue weighted by atomic mass is 127. The summed E-state index contributed by atoms with van der Waals surface area (Å²) >= 11 is 0. The third-order valence-corrected chi connectivity index (χ3v) is 4.19. The van der Waals surface area contributed by atoms with Gasteiger partial charge in [0.05, 0.1) is 0 Å². The molecular weight excluding hydrogens is 453 g/mol. The summed E-state index contributed by atoms with van der Waals surface area (Å²) in [7, 11) is 1.79. The van der Waals surface area contributed by atoms with E-state index in [1.54, 1.807) is 7.05 Å². The van der Waals surface area contributed by atoms with E-state index in [4.69, 9.17) is 0 Å². The Balaban J connectivity index is 0.00000676. The molecule has 0 aromatic heterocycles. The number of nitrogens with zero attached hydrogens (tertiary/aromatic N) is 2. The van der Waals surface area contributed by atoms with Gasteiger partial charge in [-0.25, -0.2) is 0 Å². The number of aliphatic imine (C=N–C) groups is 1. The quantitative estimate of drug-likeness (QED) is 0.283. The van der Waals surface area contributed by atoms with Crippen LogP contribution < -0.4 is 16.0 Å². The van der Waals surface area contributed by atoms with Gasteiger partial charge in [0.1, 0.15) is 0 Å². The van der Waals surface area contributed by atoms with Gasteiger partial charge in [-0.2, -0.15) is 0 Å². The van der Waals surface area contributed by atoms with E-state index in [9.17, 15) is 4.79 Å². The number of benzene rings is 1. The van der Waals surface area contributed by atoms with Crippen LogP contribution in [0.4, 0.5) is 5.69 Å². The van der Waals surface area contributed by atoms with Gasteiger partial charge in [0, 0.05) is 51.4 Å². The van der Waals surface area contributed by atoms with Crippen LogP contribution >= 0.6 is 24.0 Å². The Morgan fingerprint density at radius 3 is 2.07 bits per heavy atom. The summed E-state index contributed by atoms with van der Waals surface area (Å²) in [6, 6.07) is 8.99. The van der Waals surface area contributed by atoms with Crippen molar-refractivity contribution in [3.8, 4) is 0 Å². The molecule has 6 nitrogen and oxygen atoms in total. The largest absolute Gasteiger partial charge is 0.356 e. The molecule has 0 aliphatic rings. The summed E-state index contributed by atoms with van der Waals surface area (Å²) in [6.45, 7) is 13.1. The minimum absolute atomic E-state index is 0. The van der Waals surface area contributed by atoms with Gasteiger partial charge in [-0.05, 0) is 51.8 Å². The first kappa shape index (κ1) is 25.6. The van der Waals surface area contributed by atoms with E-state index in [0.29, 0.717) is 12.1 Å². The summed E-state index contributed by atoms with van der Waals surface area (Å²) in [6.07, 6.45) is 0.894. The fraction of sp³-hybridized carbons (Fsp3) is 0.600. The van der Waals surface area contributed by atoms with Gasteiger partial charge < -0.3 is 16.0 Å². The molecule has 0 heterocycles. The Bertz CT molecular complexity index is 564. The van der Waals surface area contributed by atoms with Crippen LogP contribution in [0.25, 0.3) is 0 Å².